The van der Waals surface area contributed by atoms with Gasteiger partial charge in [0.15, 0.2) is 21.3 Å². The quantitative estimate of drug-likeness (QED) is 0.732. The van der Waals surface area contributed by atoms with Crippen LogP contribution in [0.2, 0.25) is 0 Å². The summed E-state index contributed by atoms with van der Waals surface area (Å²) in [6.45, 7) is -0.452. The summed E-state index contributed by atoms with van der Waals surface area (Å²) in [5.74, 6) is -2.06. The lowest BCUT2D eigenvalue weighted by atomic mass is 10.3. The summed E-state index contributed by atoms with van der Waals surface area (Å²) in [6.07, 6.45) is -6.50. The lowest BCUT2D eigenvalue weighted by Crippen LogP contribution is -2.27. The lowest BCUT2D eigenvalue weighted by molar-refractivity contribution is -0.275. The van der Waals surface area contributed by atoms with Gasteiger partial charge in [0.2, 0.25) is 0 Å². The summed E-state index contributed by atoms with van der Waals surface area (Å²) in [6, 6.07) is 10.6. The number of carbonyl (C=O) groups is 1. The van der Waals surface area contributed by atoms with E-state index in [1.165, 1.54) is 12.1 Å². The fourth-order valence-electron chi connectivity index (χ4n) is 2.05. The maximum atomic E-state index is 12.7. The predicted molar refractivity (Wildman–Crippen MR) is 87.7 cm³/mol. The molecule has 11 heteroatoms. The third-order valence-corrected chi connectivity index (χ3v) is 4.85. The highest BCUT2D eigenvalue weighted by Gasteiger charge is 2.34. The molecule has 2 N–H and O–H groups in total. The van der Waals surface area contributed by atoms with Crippen LogP contribution in [-0.2, 0) is 9.84 Å². The minimum absolute atomic E-state index is 0.0934. The highest BCUT2D eigenvalue weighted by molar-refractivity contribution is 7.91. The van der Waals surface area contributed by atoms with Gasteiger partial charge >= 0.3 is 12.5 Å². The summed E-state index contributed by atoms with van der Waals surface area (Å²) in [5, 5.41) is 10.4. The number of para-hydroxylation sites is 2. The Labute approximate surface area is 152 Å². The first-order valence-corrected chi connectivity index (χ1v) is 9.05. The molecule has 2 aromatic rings. The molecule has 146 valence electrons. The molecule has 27 heavy (non-hydrogen) atoms. The van der Waals surface area contributed by atoms with Crippen molar-refractivity contribution < 1.29 is 41.0 Å². The Morgan fingerprint density at radius 2 is 1.74 bits per heavy atom. The third kappa shape index (κ3) is 6.06. The number of halogens is 3. The van der Waals surface area contributed by atoms with E-state index >= 15 is 0 Å². The van der Waals surface area contributed by atoms with Gasteiger partial charge in [-0.25, -0.2) is 13.2 Å². The van der Waals surface area contributed by atoms with E-state index in [0.717, 1.165) is 18.2 Å². The standard InChI is InChI=1S/C16H14F3NO6S/c17-16(18,19)26-12-7-4-8-13(27(23,24)10-9-20-15(21)22)14(12)25-11-5-2-1-3-6-11/h1-8,20H,9-10H2,(H,21,22). The van der Waals surface area contributed by atoms with E-state index in [4.69, 9.17) is 9.84 Å². The molecule has 1 amide bonds. The maximum Gasteiger partial charge on any atom is 0.573 e. The molecule has 0 aliphatic rings. The van der Waals surface area contributed by atoms with Crippen LogP contribution in [0.4, 0.5) is 18.0 Å². The zero-order valence-corrected chi connectivity index (χ0v) is 14.4. The Balaban J connectivity index is 2.46. The van der Waals surface area contributed by atoms with Crippen LogP contribution in [0.15, 0.2) is 53.4 Å². The van der Waals surface area contributed by atoms with E-state index < -0.39 is 51.0 Å². The first kappa shape index (κ1) is 20.4. The van der Waals surface area contributed by atoms with Crippen LogP contribution in [0.5, 0.6) is 17.2 Å². The molecule has 2 rings (SSSR count). The number of hydrogen-bond acceptors (Lipinski definition) is 5. The lowest BCUT2D eigenvalue weighted by Gasteiger charge is -2.17. The number of hydrogen-bond donors (Lipinski definition) is 2. The number of benzene rings is 2. The van der Waals surface area contributed by atoms with Gasteiger partial charge in [0.25, 0.3) is 0 Å². The van der Waals surface area contributed by atoms with Gasteiger partial charge in [-0.05, 0) is 24.3 Å². The van der Waals surface area contributed by atoms with Crippen molar-refractivity contribution in [2.75, 3.05) is 12.3 Å². The third-order valence-electron chi connectivity index (χ3n) is 3.11. The largest absolute Gasteiger partial charge is 0.573 e. The fourth-order valence-corrected chi connectivity index (χ4v) is 3.36. The minimum Gasteiger partial charge on any atom is -0.465 e. The van der Waals surface area contributed by atoms with Crippen molar-refractivity contribution in [1.29, 1.82) is 0 Å². The molecule has 0 unspecified atom stereocenters. The van der Waals surface area contributed by atoms with Crippen molar-refractivity contribution >= 4 is 15.9 Å². The Kier molecular flexibility index (Phi) is 6.16. The molecule has 0 radical (unpaired) electrons. The van der Waals surface area contributed by atoms with Crippen molar-refractivity contribution in [3.63, 3.8) is 0 Å². The van der Waals surface area contributed by atoms with Gasteiger partial charge in [0.05, 0.1) is 5.75 Å². The normalized spacial score (nSPS) is 11.7. The van der Waals surface area contributed by atoms with Crippen LogP contribution in [-0.4, -0.2) is 38.3 Å². The van der Waals surface area contributed by atoms with E-state index in [1.807, 2.05) is 5.32 Å². The number of sulfone groups is 1. The van der Waals surface area contributed by atoms with Crippen molar-refractivity contribution in [3.8, 4) is 17.2 Å². The molecule has 0 saturated carbocycles. The fraction of sp³-hybridized carbons (Fsp3) is 0.188. The van der Waals surface area contributed by atoms with Crippen molar-refractivity contribution in [3.05, 3.63) is 48.5 Å². The molecule has 0 fully saturated rings. The summed E-state index contributed by atoms with van der Waals surface area (Å²) in [5.41, 5.74) is 0. The Morgan fingerprint density at radius 1 is 1.07 bits per heavy atom. The van der Waals surface area contributed by atoms with Crippen LogP contribution >= 0.6 is 0 Å². The summed E-state index contributed by atoms with van der Waals surface area (Å²) in [7, 11) is -4.18. The van der Waals surface area contributed by atoms with Gasteiger partial charge < -0.3 is 19.9 Å². The first-order valence-electron chi connectivity index (χ1n) is 7.40. The van der Waals surface area contributed by atoms with Crippen LogP contribution in [0.25, 0.3) is 0 Å². The van der Waals surface area contributed by atoms with E-state index in [0.29, 0.717) is 0 Å². The second kappa shape index (κ2) is 8.16. The molecule has 0 aliphatic carbocycles. The van der Waals surface area contributed by atoms with E-state index in [1.54, 1.807) is 18.2 Å². The average molecular weight is 405 g/mol. The zero-order valence-electron chi connectivity index (χ0n) is 13.6. The smallest absolute Gasteiger partial charge is 0.465 e. The second-order valence-corrected chi connectivity index (χ2v) is 7.17. The molecular formula is C16H14F3NO6S. The van der Waals surface area contributed by atoms with E-state index in [2.05, 4.69) is 4.74 Å². The monoisotopic (exact) mass is 405 g/mol. The van der Waals surface area contributed by atoms with Gasteiger partial charge in [-0.1, -0.05) is 24.3 Å². The first-order chi connectivity index (χ1) is 12.6. The summed E-state index contributed by atoms with van der Waals surface area (Å²) >= 11 is 0. The van der Waals surface area contributed by atoms with Gasteiger partial charge in [0.1, 0.15) is 10.6 Å². The number of amides is 1. The van der Waals surface area contributed by atoms with Gasteiger partial charge in [0, 0.05) is 6.54 Å². The van der Waals surface area contributed by atoms with Crippen LogP contribution in [0.1, 0.15) is 0 Å². The van der Waals surface area contributed by atoms with Crippen molar-refractivity contribution in [2.24, 2.45) is 0 Å². The van der Waals surface area contributed by atoms with Crippen LogP contribution < -0.4 is 14.8 Å². The molecule has 0 bridgehead atoms. The maximum absolute atomic E-state index is 12.7. The van der Waals surface area contributed by atoms with Gasteiger partial charge in [-0.2, -0.15) is 0 Å². The van der Waals surface area contributed by atoms with Crippen LogP contribution in [0.3, 0.4) is 0 Å². The Hall–Kier alpha value is -2.95. The number of alkyl halides is 3. The molecule has 0 aromatic heterocycles. The van der Waals surface area contributed by atoms with Crippen molar-refractivity contribution in [2.45, 2.75) is 11.3 Å². The molecule has 0 aliphatic heterocycles. The molecule has 0 saturated heterocycles. The van der Waals surface area contributed by atoms with E-state index in [-0.39, 0.29) is 5.75 Å². The molecule has 0 spiro atoms. The average Bonchev–Trinajstić information content (AvgIpc) is 2.55. The van der Waals surface area contributed by atoms with Crippen molar-refractivity contribution in [1.82, 2.24) is 5.32 Å². The molecule has 0 atom stereocenters. The molecule has 2 aromatic carbocycles. The van der Waals surface area contributed by atoms with Gasteiger partial charge in [-0.15, -0.1) is 13.2 Å². The highest BCUT2D eigenvalue weighted by Crippen LogP contribution is 2.40. The molecule has 7 nitrogen and oxygen atoms in total. The highest BCUT2D eigenvalue weighted by atomic mass is 32.2. The van der Waals surface area contributed by atoms with Gasteiger partial charge in [-0.3, -0.25) is 0 Å². The predicted octanol–water partition coefficient (Wildman–Crippen LogP) is 3.42. The number of ether oxygens (including phenoxy) is 2. The Morgan fingerprint density at radius 3 is 2.33 bits per heavy atom. The number of carboxylic acid groups (broad SMARTS) is 1. The SMILES string of the molecule is O=C(O)NCCS(=O)(=O)c1cccc(OC(F)(F)F)c1Oc1ccccc1. The summed E-state index contributed by atoms with van der Waals surface area (Å²) < 4.78 is 72.3. The topological polar surface area (TPSA) is 102 Å². The van der Waals surface area contributed by atoms with E-state index in [9.17, 15) is 26.4 Å². The minimum atomic E-state index is -5.07. The second-order valence-electron chi connectivity index (χ2n) is 5.10. The molecule has 0 heterocycles. The zero-order chi connectivity index (χ0) is 20.1. The summed E-state index contributed by atoms with van der Waals surface area (Å²) in [4.78, 5) is 9.91. The Bertz CT molecular complexity index is 900. The number of rotatable bonds is 7. The molecular weight excluding hydrogens is 391 g/mol. The number of nitrogens with one attached hydrogen (secondary N) is 1. The van der Waals surface area contributed by atoms with Crippen LogP contribution in [0, 0.1) is 0 Å².